The van der Waals surface area contributed by atoms with Crippen molar-refractivity contribution in [1.82, 2.24) is 0 Å². The summed E-state index contributed by atoms with van der Waals surface area (Å²) >= 11 is 0. The molecule has 0 fully saturated rings. The van der Waals surface area contributed by atoms with Crippen LogP contribution in [-0.2, 0) is 11.2 Å². The smallest absolute Gasteiger partial charge is 0.233 e. The molecular formula is C10H7O2. The first-order valence-electron chi connectivity index (χ1n) is 3.73. The lowest BCUT2D eigenvalue weighted by atomic mass is 10.1. The first kappa shape index (κ1) is 7.10. The van der Waals surface area contributed by atoms with Crippen molar-refractivity contribution in [1.29, 1.82) is 0 Å². The van der Waals surface area contributed by atoms with E-state index in [0.717, 1.165) is 17.7 Å². The van der Waals surface area contributed by atoms with E-state index in [1.807, 2.05) is 18.4 Å². The normalized spacial score (nSPS) is 13.3. The number of hydrogen-bond acceptors (Lipinski definition) is 2. The van der Waals surface area contributed by atoms with Gasteiger partial charge in [0.2, 0.25) is 6.29 Å². The molecule has 0 saturated heterocycles. The van der Waals surface area contributed by atoms with Gasteiger partial charge in [-0.15, -0.1) is 0 Å². The number of allylic oxidation sites excluding steroid dienone is 1. The van der Waals surface area contributed by atoms with Crippen LogP contribution < -0.4 is 4.74 Å². The Labute approximate surface area is 70.5 Å². The number of benzene rings is 1. The molecule has 0 aromatic heterocycles. The maximum absolute atomic E-state index is 10.3. The average molecular weight is 159 g/mol. The lowest BCUT2D eigenvalue weighted by molar-refractivity contribution is 0.464. The van der Waals surface area contributed by atoms with E-state index in [2.05, 4.69) is 0 Å². The fraction of sp³-hybridized carbons (Fsp3) is 0.100. The molecule has 0 amide bonds. The van der Waals surface area contributed by atoms with Gasteiger partial charge in [-0.3, -0.25) is 4.79 Å². The Balaban J connectivity index is 2.46. The van der Waals surface area contributed by atoms with Crippen LogP contribution in [0.4, 0.5) is 0 Å². The summed E-state index contributed by atoms with van der Waals surface area (Å²) in [6.07, 6.45) is 6.27. The SMILES string of the molecule is O=[C]c1ccc2c(c1)OC=CC2. The lowest BCUT2D eigenvalue weighted by Gasteiger charge is -2.10. The summed E-state index contributed by atoms with van der Waals surface area (Å²) in [6.45, 7) is 0. The fourth-order valence-corrected chi connectivity index (χ4v) is 1.19. The van der Waals surface area contributed by atoms with Gasteiger partial charge in [0.1, 0.15) is 5.75 Å². The van der Waals surface area contributed by atoms with Crippen molar-refractivity contribution in [3.63, 3.8) is 0 Å². The van der Waals surface area contributed by atoms with Gasteiger partial charge in [0.15, 0.2) is 0 Å². The second-order valence-electron chi connectivity index (χ2n) is 2.62. The topological polar surface area (TPSA) is 26.3 Å². The van der Waals surface area contributed by atoms with E-state index < -0.39 is 0 Å². The second-order valence-corrected chi connectivity index (χ2v) is 2.62. The summed E-state index contributed by atoms with van der Waals surface area (Å²) in [5.74, 6) is 0.762. The van der Waals surface area contributed by atoms with Crippen LogP contribution in [0.25, 0.3) is 0 Å². The highest BCUT2D eigenvalue weighted by Gasteiger charge is 2.06. The third-order valence-corrected chi connectivity index (χ3v) is 1.81. The van der Waals surface area contributed by atoms with E-state index in [1.165, 1.54) is 0 Å². The molecule has 0 aliphatic carbocycles. The highest BCUT2D eigenvalue weighted by molar-refractivity contribution is 5.76. The fourth-order valence-electron chi connectivity index (χ4n) is 1.19. The number of carbonyl (C=O) groups excluding carboxylic acids is 1. The summed E-state index contributed by atoms with van der Waals surface area (Å²) in [4.78, 5) is 10.3. The molecule has 0 unspecified atom stereocenters. The van der Waals surface area contributed by atoms with Gasteiger partial charge in [0.25, 0.3) is 0 Å². The third-order valence-electron chi connectivity index (χ3n) is 1.81. The predicted octanol–water partition coefficient (Wildman–Crippen LogP) is 1.59. The molecule has 1 radical (unpaired) electrons. The van der Waals surface area contributed by atoms with Gasteiger partial charge in [0, 0.05) is 5.56 Å². The average Bonchev–Trinajstić information content (AvgIpc) is 2.17. The maximum atomic E-state index is 10.3. The molecule has 0 atom stereocenters. The van der Waals surface area contributed by atoms with Crippen LogP contribution in [0, 0.1) is 0 Å². The summed E-state index contributed by atoms with van der Waals surface area (Å²) in [7, 11) is 0. The molecule has 59 valence electrons. The van der Waals surface area contributed by atoms with Crippen LogP contribution in [0.15, 0.2) is 30.5 Å². The van der Waals surface area contributed by atoms with Crippen LogP contribution in [0.2, 0.25) is 0 Å². The predicted molar refractivity (Wildman–Crippen MR) is 44.7 cm³/mol. The molecule has 2 nitrogen and oxygen atoms in total. The number of ether oxygens (including phenoxy) is 1. The molecule has 12 heavy (non-hydrogen) atoms. The maximum Gasteiger partial charge on any atom is 0.233 e. The van der Waals surface area contributed by atoms with E-state index in [1.54, 1.807) is 18.4 Å². The first-order valence-corrected chi connectivity index (χ1v) is 3.73. The van der Waals surface area contributed by atoms with Gasteiger partial charge in [-0.1, -0.05) is 12.1 Å². The Hall–Kier alpha value is -1.57. The second kappa shape index (κ2) is 2.81. The molecule has 1 aliphatic heterocycles. The van der Waals surface area contributed by atoms with Crippen molar-refractivity contribution < 1.29 is 9.53 Å². The highest BCUT2D eigenvalue weighted by atomic mass is 16.5. The number of hydrogen-bond donors (Lipinski definition) is 0. The monoisotopic (exact) mass is 159 g/mol. The molecule has 0 saturated carbocycles. The van der Waals surface area contributed by atoms with Gasteiger partial charge in [0.05, 0.1) is 6.26 Å². The minimum atomic E-state index is 0.532. The van der Waals surface area contributed by atoms with Crippen LogP contribution in [0.5, 0.6) is 5.75 Å². The molecule has 1 heterocycles. The van der Waals surface area contributed by atoms with Gasteiger partial charge in [-0.25, -0.2) is 0 Å². The molecule has 0 spiro atoms. The van der Waals surface area contributed by atoms with Gasteiger partial charge in [-0.2, -0.15) is 0 Å². The first-order chi connectivity index (χ1) is 5.90. The summed E-state index contributed by atoms with van der Waals surface area (Å²) in [5, 5.41) is 0. The van der Waals surface area contributed by atoms with Crippen LogP contribution in [-0.4, -0.2) is 6.29 Å². The molecule has 1 aromatic carbocycles. The van der Waals surface area contributed by atoms with Crippen molar-refractivity contribution in [2.75, 3.05) is 0 Å². The molecule has 0 bridgehead atoms. The molecule has 1 aromatic rings. The Morgan fingerprint density at radius 3 is 3.17 bits per heavy atom. The van der Waals surface area contributed by atoms with E-state index in [0.29, 0.717) is 5.56 Å². The summed E-state index contributed by atoms with van der Waals surface area (Å²) in [5.41, 5.74) is 1.64. The Bertz CT molecular complexity index is 340. The highest BCUT2D eigenvalue weighted by Crippen LogP contribution is 2.23. The van der Waals surface area contributed by atoms with Gasteiger partial charge in [-0.05, 0) is 24.1 Å². The molecule has 2 rings (SSSR count). The van der Waals surface area contributed by atoms with Crippen LogP contribution >= 0.6 is 0 Å². The van der Waals surface area contributed by atoms with Crippen LogP contribution in [0.3, 0.4) is 0 Å². The van der Waals surface area contributed by atoms with Crippen molar-refractivity contribution in [2.24, 2.45) is 0 Å². The molecule has 0 N–H and O–H groups in total. The van der Waals surface area contributed by atoms with Crippen LogP contribution in [0.1, 0.15) is 11.1 Å². The quantitative estimate of drug-likeness (QED) is 0.622. The number of fused-ring (bicyclic) bond motifs is 1. The minimum absolute atomic E-state index is 0.532. The Morgan fingerprint density at radius 2 is 2.33 bits per heavy atom. The summed E-state index contributed by atoms with van der Waals surface area (Å²) in [6, 6.07) is 5.33. The van der Waals surface area contributed by atoms with Crippen molar-refractivity contribution in [2.45, 2.75) is 6.42 Å². The standard InChI is InChI=1S/C10H7O2/c11-7-8-3-4-9-2-1-5-12-10(9)6-8/h1,3-6H,2H2. The van der Waals surface area contributed by atoms with E-state index >= 15 is 0 Å². The number of rotatable bonds is 1. The third kappa shape index (κ3) is 1.11. The van der Waals surface area contributed by atoms with E-state index in [-0.39, 0.29) is 0 Å². The largest absolute Gasteiger partial charge is 0.465 e. The lowest BCUT2D eigenvalue weighted by Crippen LogP contribution is -1.96. The van der Waals surface area contributed by atoms with Crippen molar-refractivity contribution in [3.05, 3.63) is 41.7 Å². The zero-order valence-electron chi connectivity index (χ0n) is 6.41. The van der Waals surface area contributed by atoms with Crippen molar-refractivity contribution in [3.8, 4) is 5.75 Å². The zero-order valence-corrected chi connectivity index (χ0v) is 6.41. The molecule has 1 aliphatic rings. The van der Waals surface area contributed by atoms with Gasteiger partial charge >= 0.3 is 0 Å². The van der Waals surface area contributed by atoms with Crippen molar-refractivity contribution >= 4 is 6.29 Å². The zero-order chi connectivity index (χ0) is 8.39. The minimum Gasteiger partial charge on any atom is -0.465 e. The van der Waals surface area contributed by atoms with E-state index in [9.17, 15) is 4.79 Å². The molecular weight excluding hydrogens is 152 g/mol. The Morgan fingerprint density at radius 1 is 1.42 bits per heavy atom. The van der Waals surface area contributed by atoms with Gasteiger partial charge < -0.3 is 4.74 Å². The summed E-state index contributed by atoms with van der Waals surface area (Å²) < 4.78 is 5.21. The van der Waals surface area contributed by atoms with E-state index in [4.69, 9.17) is 4.74 Å². The Kier molecular flexibility index (Phi) is 1.67. The molecule has 2 heteroatoms.